The minimum Gasteiger partial charge on any atom is -0.466 e. The molecule has 1 rings (SSSR count). The number of carbonyl (C=O) groups excluding carboxylic acids is 1. The molecule has 0 radical (unpaired) electrons. The zero-order chi connectivity index (χ0) is 13.0. The number of aromatic nitrogens is 1. The second-order valence-electron chi connectivity index (χ2n) is 3.37. The minimum atomic E-state index is -2.63. The summed E-state index contributed by atoms with van der Waals surface area (Å²) in [6, 6.07) is 1.14. The zero-order valence-electron chi connectivity index (χ0n) is 9.47. The Morgan fingerprint density at radius 2 is 2.24 bits per heavy atom. The maximum atomic E-state index is 12.5. The summed E-state index contributed by atoms with van der Waals surface area (Å²) in [5, 5.41) is 0.0546. The second kappa shape index (κ2) is 5.91. The zero-order valence-corrected chi connectivity index (χ0v) is 10.2. The predicted molar refractivity (Wildman–Crippen MR) is 59.3 cm³/mol. The van der Waals surface area contributed by atoms with E-state index in [0.29, 0.717) is 0 Å². The summed E-state index contributed by atoms with van der Waals surface area (Å²) in [6.07, 6.45) is -2.74. The molecule has 1 aromatic heterocycles. The molecule has 0 spiro atoms. The molecule has 0 aliphatic rings. The molecular weight excluding hydrogens is 252 g/mol. The van der Waals surface area contributed by atoms with Crippen LogP contribution in [-0.2, 0) is 16.0 Å². The molecule has 0 bridgehead atoms. The van der Waals surface area contributed by atoms with Gasteiger partial charge in [0.15, 0.2) is 0 Å². The van der Waals surface area contributed by atoms with Gasteiger partial charge in [0.05, 0.1) is 23.7 Å². The smallest absolute Gasteiger partial charge is 0.311 e. The molecule has 17 heavy (non-hydrogen) atoms. The van der Waals surface area contributed by atoms with E-state index in [4.69, 9.17) is 16.3 Å². The molecule has 0 unspecified atom stereocenters. The molecule has 6 heteroatoms. The highest BCUT2D eigenvalue weighted by Crippen LogP contribution is 2.26. The van der Waals surface area contributed by atoms with Crippen molar-refractivity contribution in [2.45, 2.75) is 26.7 Å². The summed E-state index contributed by atoms with van der Waals surface area (Å²) in [5.41, 5.74) is 0.207. The van der Waals surface area contributed by atoms with Crippen molar-refractivity contribution in [3.8, 4) is 0 Å². The van der Waals surface area contributed by atoms with Gasteiger partial charge < -0.3 is 4.74 Å². The van der Waals surface area contributed by atoms with E-state index in [2.05, 4.69) is 4.98 Å². The van der Waals surface area contributed by atoms with Gasteiger partial charge in [-0.25, -0.2) is 8.78 Å². The number of hydrogen-bond donors (Lipinski definition) is 0. The Balaban J connectivity index is 2.95. The predicted octanol–water partition coefficient (Wildman–Crippen LogP) is 3.09. The number of alkyl halides is 2. The van der Waals surface area contributed by atoms with E-state index in [9.17, 15) is 13.6 Å². The van der Waals surface area contributed by atoms with E-state index >= 15 is 0 Å². The van der Waals surface area contributed by atoms with Crippen LogP contribution in [0.25, 0.3) is 0 Å². The average Bonchev–Trinajstić information content (AvgIpc) is 2.22. The Labute approximate surface area is 103 Å². The van der Waals surface area contributed by atoms with E-state index in [-0.39, 0.29) is 35.0 Å². The summed E-state index contributed by atoms with van der Waals surface area (Å²) >= 11 is 5.79. The fraction of sp³-hybridized carbons (Fsp3) is 0.455. The number of esters is 1. The van der Waals surface area contributed by atoms with Crippen LogP contribution in [0, 0.1) is 6.92 Å². The molecule has 3 nitrogen and oxygen atoms in total. The maximum Gasteiger partial charge on any atom is 0.311 e. The summed E-state index contributed by atoms with van der Waals surface area (Å²) in [6.45, 7) is 3.38. The number of aryl methyl sites for hydroxylation is 1. The number of ether oxygens (including phenoxy) is 1. The quantitative estimate of drug-likeness (QED) is 0.784. The van der Waals surface area contributed by atoms with Crippen LogP contribution in [-0.4, -0.2) is 17.6 Å². The maximum absolute atomic E-state index is 12.5. The van der Waals surface area contributed by atoms with Crippen molar-refractivity contribution in [1.82, 2.24) is 4.98 Å². The molecule has 0 aromatic carbocycles. The van der Waals surface area contributed by atoms with E-state index < -0.39 is 12.4 Å². The third-order valence-electron chi connectivity index (χ3n) is 2.13. The minimum absolute atomic E-state index is 0.0546. The first-order valence-corrected chi connectivity index (χ1v) is 5.43. The average molecular weight is 264 g/mol. The lowest BCUT2D eigenvalue weighted by molar-refractivity contribution is -0.142. The van der Waals surface area contributed by atoms with Gasteiger partial charge in [0.1, 0.15) is 0 Å². The second-order valence-corrected chi connectivity index (χ2v) is 3.78. The molecule has 94 valence electrons. The third-order valence-corrected chi connectivity index (χ3v) is 2.46. The van der Waals surface area contributed by atoms with Crippen molar-refractivity contribution in [2.75, 3.05) is 6.61 Å². The largest absolute Gasteiger partial charge is 0.466 e. The Hall–Kier alpha value is -1.23. The number of nitrogens with zero attached hydrogens (tertiary/aromatic N) is 1. The number of halogens is 3. The topological polar surface area (TPSA) is 39.2 Å². The van der Waals surface area contributed by atoms with E-state index in [1.54, 1.807) is 6.92 Å². The first-order chi connectivity index (χ1) is 7.95. The lowest BCUT2D eigenvalue weighted by Gasteiger charge is -2.09. The molecule has 0 aliphatic heterocycles. The molecule has 0 atom stereocenters. The standard InChI is InChI=1S/C11H12ClF2NO2/c1-3-17-10(16)5-9-8(12)4-7(11(13)14)6(2)15-9/h4,11H,3,5H2,1-2H3. The monoisotopic (exact) mass is 263 g/mol. The summed E-state index contributed by atoms with van der Waals surface area (Å²) in [4.78, 5) is 15.1. The van der Waals surface area contributed by atoms with Gasteiger partial charge in [0.2, 0.25) is 0 Å². The molecule has 1 heterocycles. The Morgan fingerprint density at radius 1 is 1.59 bits per heavy atom. The molecule has 0 fully saturated rings. The van der Waals surface area contributed by atoms with Gasteiger partial charge in [0, 0.05) is 11.3 Å². The fourth-order valence-corrected chi connectivity index (χ4v) is 1.56. The van der Waals surface area contributed by atoms with Gasteiger partial charge in [-0.1, -0.05) is 11.6 Å². The first-order valence-electron chi connectivity index (χ1n) is 5.05. The van der Waals surface area contributed by atoms with Crippen molar-refractivity contribution in [3.63, 3.8) is 0 Å². The van der Waals surface area contributed by atoms with Gasteiger partial charge in [-0.2, -0.15) is 0 Å². The van der Waals surface area contributed by atoms with Crippen LogP contribution in [0.15, 0.2) is 6.07 Å². The van der Waals surface area contributed by atoms with E-state index in [1.165, 1.54) is 6.92 Å². The van der Waals surface area contributed by atoms with Crippen LogP contribution < -0.4 is 0 Å². The number of pyridine rings is 1. The molecule has 0 saturated heterocycles. The molecule has 0 saturated carbocycles. The van der Waals surface area contributed by atoms with Gasteiger partial charge in [-0.05, 0) is 19.9 Å². The molecular formula is C11H12ClF2NO2. The van der Waals surface area contributed by atoms with Crippen molar-refractivity contribution < 1.29 is 18.3 Å². The van der Waals surface area contributed by atoms with Gasteiger partial charge >= 0.3 is 5.97 Å². The normalized spacial score (nSPS) is 10.7. The fourth-order valence-electron chi connectivity index (χ4n) is 1.34. The van der Waals surface area contributed by atoms with Crippen LogP contribution in [0.5, 0.6) is 0 Å². The SMILES string of the molecule is CCOC(=O)Cc1nc(C)c(C(F)F)cc1Cl. The van der Waals surface area contributed by atoms with E-state index in [1.807, 2.05) is 0 Å². The van der Waals surface area contributed by atoms with Gasteiger partial charge in [-0.3, -0.25) is 9.78 Å². The number of carbonyl (C=O) groups is 1. The lowest BCUT2D eigenvalue weighted by Crippen LogP contribution is -2.10. The number of hydrogen-bond acceptors (Lipinski definition) is 3. The van der Waals surface area contributed by atoms with Crippen LogP contribution in [0.4, 0.5) is 8.78 Å². The van der Waals surface area contributed by atoms with Gasteiger partial charge in [-0.15, -0.1) is 0 Å². The lowest BCUT2D eigenvalue weighted by atomic mass is 10.1. The Bertz CT molecular complexity index is 424. The Morgan fingerprint density at radius 3 is 2.76 bits per heavy atom. The molecule has 0 aliphatic carbocycles. The van der Waals surface area contributed by atoms with Crippen molar-refractivity contribution in [2.24, 2.45) is 0 Å². The van der Waals surface area contributed by atoms with Crippen LogP contribution in [0.2, 0.25) is 5.02 Å². The number of rotatable bonds is 4. The van der Waals surface area contributed by atoms with Crippen LogP contribution >= 0.6 is 11.6 Å². The highest BCUT2D eigenvalue weighted by Gasteiger charge is 2.17. The summed E-state index contributed by atoms with van der Waals surface area (Å²) in [7, 11) is 0. The Kier molecular flexibility index (Phi) is 4.81. The molecule has 0 N–H and O–H groups in total. The molecule has 1 aromatic rings. The van der Waals surface area contributed by atoms with Crippen molar-refractivity contribution >= 4 is 17.6 Å². The highest BCUT2D eigenvalue weighted by molar-refractivity contribution is 6.31. The van der Waals surface area contributed by atoms with Crippen molar-refractivity contribution in [1.29, 1.82) is 0 Å². The summed E-state index contributed by atoms with van der Waals surface area (Å²) in [5.74, 6) is -0.480. The third kappa shape index (κ3) is 3.63. The first kappa shape index (κ1) is 13.8. The summed E-state index contributed by atoms with van der Waals surface area (Å²) < 4.78 is 29.8. The van der Waals surface area contributed by atoms with Crippen LogP contribution in [0.3, 0.4) is 0 Å². The van der Waals surface area contributed by atoms with Crippen LogP contribution in [0.1, 0.15) is 30.3 Å². The van der Waals surface area contributed by atoms with Gasteiger partial charge in [0.25, 0.3) is 6.43 Å². The van der Waals surface area contributed by atoms with Crippen molar-refractivity contribution in [3.05, 3.63) is 28.0 Å². The van der Waals surface area contributed by atoms with E-state index in [0.717, 1.165) is 6.07 Å². The highest BCUT2D eigenvalue weighted by atomic mass is 35.5. The molecule has 0 amide bonds.